The molecule has 0 saturated carbocycles. The summed E-state index contributed by atoms with van der Waals surface area (Å²) in [6.07, 6.45) is 2.36. The Morgan fingerprint density at radius 3 is 2.69 bits per heavy atom. The predicted octanol–water partition coefficient (Wildman–Crippen LogP) is 1.30. The zero-order valence-corrected chi connectivity index (χ0v) is 9.94. The molecule has 0 aromatic carbocycles. The molecule has 0 N–H and O–H groups in total. The summed E-state index contributed by atoms with van der Waals surface area (Å²) in [5, 5.41) is 0.430. The molecule has 1 saturated heterocycles. The topological polar surface area (TPSA) is 36.4 Å². The van der Waals surface area contributed by atoms with Crippen LogP contribution in [-0.4, -0.2) is 49.4 Å². The number of hydrogen-bond donors (Lipinski definition) is 0. The minimum Gasteiger partial charge on any atom is -0.368 e. The van der Waals surface area contributed by atoms with Gasteiger partial charge >= 0.3 is 0 Å². The number of halogens is 1. The van der Waals surface area contributed by atoms with Gasteiger partial charge in [-0.25, -0.2) is 4.98 Å². The summed E-state index contributed by atoms with van der Waals surface area (Å²) in [6.45, 7) is 3.83. The Hall–Kier alpha value is -1.13. The molecule has 86 valence electrons. The SMILES string of the molecule is CN1CCN(c2cc(Cl)ncc2C=O)CC1. The summed E-state index contributed by atoms with van der Waals surface area (Å²) in [5.41, 5.74) is 1.50. The van der Waals surface area contributed by atoms with Crippen molar-refractivity contribution in [3.8, 4) is 0 Å². The lowest BCUT2D eigenvalue weighted by Crippen LogP contribution is -2.44. The first kappa shape index (κ1) is 11.4. The lowest BCUT2D eigenvalue weighted by Gasteiger charge is -2.34. The molecule has 4 nitrogen and oxygen atoms in total. The molecule has 0 radical (unpaired) electrons. The zero-order chi connectivity index (χ0) is 11.5. The number of rotatable bonds is 2. The van der Waals surface area contributed by atoms with Gasteiger partial charge in [-0.1, -0.05) is 11.6 Å². The minimum absolute atomic E-state index is 0.430. The Kier molecular flexibility index (Phi) is 3.41. The van der Waals surface area contributed by atoms with Gasteiger partial charge in [-0.3, -0.25) is 4.79 Å². The molecule has 16 heavy (non-hydrogen) atoms. The summed E-state index contributed by atoms with van der Waals surface area (Å²) < 4.78 is 0. The highest BCUT2D eigenvalue weighted by Gasteiger charge is 2.17. The smallest absolute Gasteiger partial charge is 0.153 e. The number of nitrogens with zero attached hydrogens (tertiary/aromatic N) is 3. The van der Waals surface area contributed by atoms with Gasteiger partial charge in [0.15, 0.2) is 6.29 Å². The molecular formula is C11H14ClN3O. The lowest BCUT2D eigenvalue weighted by molar-refractivity contribution is 0.112. The van der Waals surface area contributed by atoms with Crippen LogP contribution in [0.5, 0.6) is 0 Å². The van der Waals surface area contributed by atoms with Gasteiger partial charge in [0.2, 0.25) is 0 Å². The maximum absolute atomic E-state index is 10.9. The van der Waals surface area contributed by atoms with Crippen LogP contribution in [0.15, 0.2) is 12.3 Å². The van der Waals surface area contributed by atoms with E-state index in [0.29, 0.717) is 10.7 Å². The highest BCUT2D eigenvalue weighted by atomic mass is 35.5. The van der Waals surface area contributed by atoms with Crippen molar-refractivity contribution >= 4 is 23.6 Å². The fourth-order valence-electron chi connectivity index (χ4n) is 1.84. The number of anilines is 1. The third-order valence-corrected chi connectivity index (χ3v) is 3.06. The Bertz CT molecular complexity index is 389. The second-order valence-corrected chi connectivity index (χ2v) is 4.36. The van der Waals surface area contributed by atoms with Crippen molar-refractivity contribution in [2.45, 2.75) is 0 Å². The van der Waals surface area contributed by atoms with E-state index < -0.39 is 0 Å². The van der Waals surface area contributed by atoms with E-state index in [1.165, 1.54) is 6.20 Å². The molecule has 1 fully saturated rings. The first-order valence-corrected chi connectivity index (χ1v) is 5.62. The number of aromatic nitrogens is 1. The van der Waals surface area contributed by atoms with Gasteiger partial charge in [-0.05, 0) is 13.1 Å². The first-order chi connectivity index (χ1) is 7.70. The molecule has 0 aliphatic carbocycles. The number of pyridine rings is 1. The van der Waals surface area contributed by atoms with Gasteiger partial charge in [0, 0.05) is 32.4 Å². The largest absolute Gasteiger partial charge is 0.368 e. The third kappa shape index (κ3) is 2.33. The van der Waals surface area contributed by atoms with Crippen molar-refractivity contribution < 1.29 is 4.79 Å². The normalized spacial score (nSPS) is 17.5. The van der Waals surface area contributed by atoms with Crippen molar-refractivity contribution in [3.05, 3.63) is 23.0 Å². The first-order valence-electron chi connectivity index (χ1n) is 5.25. The molecular weight excluding hydrogens is 226 g/mol. The molecule has 1 aromatic rings. The number of carbonyl (C=O) groups is 1. The lowest BCUT2D eigenvalue weighted by atomic mass is 10.2. The van der Waals surface area contributed by atoms with Crippen molar-refractivity contribution in [1.29, 1.82) is 0 Å². The maximum atomic E-state index is 10.9. The minimum atomic E-state index is 0.430. The number of aldehydes is 1. The number of hydrogen-bond acceptors (Lipinski definition) is 4. The summed E-state index contributed by atoms with van der Waals surface area (Å²) >= 11 is 5.86. The Morgan fingerprint density at radius 2 is 2.06 bits per heavy atom. The molecule has 2 rings (SSSR count). The summed E-state index contributed by atoms with van der Waals surface area (Å²) in [5.74, 6) is 0. The van der Waals surface area contributed by atoms with E-state index in [2.05, 4.69) is 21.8 Å². The molecule has 5 heteroatoms. The Balaban J connectivity index is 2.25. The van der Waals surface area contributed by atoms with Gasteiger partial charge in [-0.2, -0.15) is 0 Å². The van der Waals surface area contributed by atoms with Gasteiger partial charge < -0.3 is 9.80 Å². The maximum Gasteiger partial charge on any atom is 0.153 e. The van der Waals surface area contributed by atoms with Crippen molar-refractivity contribution in [2.24, 2.45) is 0 Å². The van der Waals surface area contributed by atoms with Crippen LogP contribution in [0.3, 0.4) is 0 Å². The van der Waals surface area contributed by atoms with E-state index in [4.69, 9.17) is 11.6 Å². The van der Waals surface area contributed by atoms with Crippen LogP contribution in [-0.2, 0) is 0 Å². The standard InChI is InChI=1S/C11H14ClN3O/c1-14-2-4-15(5-3-14)10-6-11(12)13-7-9(10)8-16/h6-8H,2-5H2,1H3. The van der Waals surface area contributed by atoms with Crippen LogP contribution in [0.25, 0.3) is 0 Å². The summed E-state index contributed by atoms with van der Waals surface area (Å²) in [7, 11) is 2.09. The zero-order valence-electron chi connectivity index (χ0n) is 9.19. The fraction of sp³-hybridized carbons (Fsp3) is 0.455. The van der Waals surface area contributed by atoms with Gasteiger partial charge in [0.05, 0.1) is 11.3 Å². The Morgan fingerprint density at radius 1 is 1.38 bits per heavy atom. The summed E-state index contributed by atoms with van der Waals surface area (Å²) in [6, 6.07) is 1.76. The van der Waals surface area contributed by atoms with Crippen molar-refractivity contribution in [3.63, 3.8) is 0 Å². The fourth-order valence-corrected chi connectivity index (χ4v) is 1.99. The average molecular weight is 240 g/mol. The highest BCUT2D eigenvalue weighted by Crippen LogP contribution is 2.22. The average Bonchev–Trinajstić information content (AvgIpc) is 2.30. The third-order valence-electron chi connectivity index (χ3n) is 2.85. The van der Waals surface area contributed by atoms with Crippen LogP contribution >= 0.6 is 11.6 Å². The molecule has 0 atom stereocenters. The van der Waals surface area contributed by atoms with Crippen LogP contribution in [0, 0.1) is 0 Å². The van der Waals surface area contributed by atoms with E-state index >= 15 is 0 Å². The molecule has 1 aliphatic rings. The predicted molar refractivity (Wildman–Crippen MR) is 64.3 cm³/mol. The van der Waals surface area contributed by atoms with E-state index in [1.54, 1.807) is 6.07 Å². The second kappa shape index (κ2) is 4.80. The molecule has 0 amide bonds. The summed E-state index contributed by atoms with van der Waals surface area (Å²) in [4.78, 5) is 19.3. The van der Waals surface area contributed by atoms with Gasteiger partial charge in [-0.15, -0.1) is 0 Å². The van der Waals surface area contributed by atoms with Crippen LogP contribution < -0.4 is 4.90 Å². The highest BCUT2D eigenvalue weighted by molar-refractivity contribution is 6.29. The molecule has 2 heterocycles. The molecule has 0 unspecified atom stereocenters. The molecule has 0 bridgehead atoms. The van der Waals surface area contributed by atoms with E-state index in [1.807, 2.05) is 0 Å². The second-order valence-electron chi connectivity index (χ2n) is 3.97. The number of carbonyl (C=O) groups excluding carboxylic acids is 1. The van der Waals surface area contributed by atoms with Crippen molar-refractivity contribution in [2.75, 3.05) is 38.1 Å². The van der Waals surface area contributed by atoms with E-state index in [0.717, 1.165) is 38.2 Å². The van der Waals surface area contributed by atoms with Gasteiger partial charge in [0.25, 0.3) is 0 Å². The number of piperazine rings is 1. The quantitative estimate of drug-likeness (QED) is 0.576. The van der Waals surface area contributed by atoms with E-state index in [-0.39, 0.29) is 0 Å². The van der Waals surface area contributed by atoms with Crippen molar-refractivity contribution in [1.82, 2.24) is 9.88 Å². The molecule has 1 aliphatic heterocycles. The van der Waals surface area contributed by atoms with Crippen LogP contribution in [0.1, 0.15) is 10.4 Å². The van der Waals surface area contributed by atoms with E-state index in [9.17, 15) is 4.79 Å². The number of likely N-dealkylation sites (N-methyl/N-ethyl adjacent to an activating group) is 1. The van der Waals surface area contributed by atoms with Gasteiger partial charge in [0.1, 0.15) is 5.15 Å². The van der Waals surface area contributed by atoms with Crippen LogP contribution in [0.4, 0.5) is 5.69 Å². The molecule has 0 spiro atoms. The van der Waals surface area contributed by atoms with Crippen LogP contribution in [0.2, 0.25) is 5.15 Å². The Labute approximate surface area is 99.8 Å². The monoisotopic (exact) mass is 239 g/mol. The molecule has 1 aromatic heterocycles.